The molecule has 2 heteroatoms. The Morgan fingerprint density at radius 1 is 0.652 bits per heavy atom. The number of benzene rings is 3. The maximum atomic E-state index is 5.50. The van der Waals surface area contributed by atoms with Crippen molar-refractivity contribution in [2.24, 2.45) is 0 Å². The first kappa shape index (κ1) is 15.2. The Hall–Kier alpha value is -2.74. The molecule has 0 spiro atoms. The summed E-state index contributed by atoms with van der Waals surface area (Å²) in [6.07, 6.45) is 0. The summed E-state index contributed by atoms with van der Waals surface area (Å²) in [6, 6.07) is 25.2. The van der Waals surface area contributed by atoms with Crippen molar-refractivity contribution in [3.05, 3.63) is 83.9 Å². The van der Waals surface area contributed by atoms with Crippen molar-refractivity contribution in [3.63, 3.8) is 0 Å². The molecule has 3 aromatic rings. The summed E-state index contributed by atoms with van der Waals surface area (Å²) < 4.78 is 5.50. The van der Waals surface area contributed by atoms with Crippen molar-refractivity contribution in [1.82, 2.24) is 0 Å². The van der Waals surface area contributed by atoms with E-state index in [1.54, 1.807) is 7.11 Å². The maximum Gasteiger partial charge on any atom is 0.124 e. The van der Waals surface area contributed by atoms with Crippen molar-refractivity contribution in [1.29, 1.82) is 0 Å². The summed E-state index contributed by atoms with van der Waals surface area (Å²) in [5.41, 5.74) is 5.70. The van der Waals surface area contributed by atoms with Crippen molar-refractivity contribution >= 4 is 17.1 Å². The monoisotopic (exact) mass is 303 g/mol. The van der Waals surface area contributed by atoms with E-state index in [2.05, 4.69) is 79.4 Å². The summed E-state index contributed by atoms with van der Waals surface area (Å²) in [5.74, 6) is 0.954. The number of methoxy groups -OCH3 is 1. The van der Waals surface area contributed by atoms with Gasteiger partial charge in [-0.1, -0.05) is 36.4 Å². The number of para-hydroxylation sites is 2. The molecule has 0 aliphatic carbocycles. The highest BCUT2D eigenvalue weighted by atomic mass is 16.5. The summed E-state index contributed by atoms with van der Waals surface area (Å²) in [4.78, 5) is 2.26. The van der Waals surface area contributed by atoms with E-state index in [1.165, 1.54) is 0 Å². The van der Waals surface area contributed by atoms with Gasteiger partial charge in [-0.05, 0) is 61.4 Å². The van der Waals surface area contributed by atoms with E-state index in [9.17, 15) is 0 Å². The summed E-state index contributed by atoms with van der Waals surface area (Å²) in [5, 5.41) is 0. The van der Waals surface area contributed by atoms with Crippen LogP contribution in [0.15, 0.2) is 72.8 Å². The van der Waals surface area contributed by atoms with Crippen LogP contribution in [0.25, 0.3) is 0 Å². The molecule has 0 unspecified atom stereocenters. The van der Waals surface area contributed by atoms with Crippen molar-refractivity contribution < 1.29 is 4.74 Å². The van der Waals surface area contributed by atoms with E-state index in [1.807, 2.05) is 12.1 Å². The van der Waals surface area contributed by atoms with Crippen LogP contribution in [0.4, 0.5) is 17.1 Å². The molecule has 0 N–H and O–H groups in total. The van der Waals surface area contributed by atoms with E-state index in [0.717, 1.165) is 33.9 Å². The second-order valence-electron chi connectivity index (χ2n) is 5.62. The Morgan fingerprint density at radius 3 is 1.48 bits per heavy atom. The van der Waals surface area contributed by atoms with Gasteiger partial charge in [0.05, 0.1) is 7.11 Å². The van der Waals surface area contributed by atoms with Crippen LogP contribution in [0.5, 0.6) is 5.75 Å². The molecule has 0 radical (unpaired) electrons. The smallest absolute Gasteiger partial charge is 0.124 e. The first-order valence-electron chi connectivity index (χ1n) is 7.76. The van der Waals surface area contributed by atoms with Crippen LogP contribution in [0.1, 0.15) is 11.1 Å². The van der Waals surface area contributed by atoms with E-state index in [-0.39, 0.29) is 0 Å². The Kier molecular flexibility index (Phi) is 4.33. The molecule has 3 rings (SSSR count). The molecule has 0 fully saturated rings. The Bertz CT molecular complexity index is 719. The van der Waals surface area contributed by atoms with Crippen LogP contribution in [0, 0.1) is 13.8 Å². The zero-order valence-electron chi connectivity index (χ0n) is 13.8. The van der Waals surface area contributed by atoms with E-state index < -0.39 is 0 Å². The normalized spacial score (nSPS) is 10.4. The number of rotatable bonds is 4. The van der Waals surface area contributed by atoms with Crippen molar-refractivity contribution in [3.8, 4) is 5.75 Å². The van der Waals surface area contributed by atoms with Crippen LogP contribution in [-0.2, 0) is 0 Å². The predicted molar refractivity (Wildman–Crippen MR) is 97.2 cm³/mol. The van der Waals surface area contributed by atoms with Crippen molar-refractivity contribution in [2.45, 2.75) is 13.8 Å². The molecule has 3 aromatic carbocycles. The van der Waals surface area contributed by atoms with Crippen LogP contribution < -0.4 is 9.64 Å². The van der Waals surface area contributed by atoms with Gasteiger partial charge in [-0.2, -0.15) is 0 Å². The number of aryl methyl sites for hydroxylation is 2. The predicted octanol–water partition coefficient (Wildman–Crippen LogP) is 5.78. The fourth-order valence-corrected chi connectivity index (χ4v) is 2.98. The lowest BCUT2D eigenvalue weighted by atomic mass is 10.1. The number of ether oxygens (including phenoxy) is 1. The highest BCUT2D eigenvalue weighted by Crippen LogP contribution is 2.37. The van der Waals surface area contributed by atoms with Gasteiger partial charge in [0.2, 0.25) is 0 Å². The minimum atomic E-state index is 0.954. The molecule has 0 atom stereocenters. The third-order valence-electron chi connectivity index (χ3n) is 3.94. The number of nitrogens with zero attached hydrogens (tertiary/aromatic N) is 1. The molecule has 0 saturated heterocycles. The standard InChI is InChI=1S/C21H21NO/c1-16-14-20(15-17(2)21(16)23-3)22(18-10-6-4-7-11-18)19-12-8-5-9-13-19/h4-15H,1-3H3. The fourth-order valence-electron chi connectivity index (χ4n) is 2.98. The fraction of sp³-hybridized carbons (Fsp3) is 0.143. The second kappa shape index (κ2) is 6.57. The third-order valence-corrected chi connectivity index (χ3v) is 3.94. The number of anilines is 3. The highest BCUT2D eigenvalue weighted by Gasteiger charge is 2.14. The third kappa shape index (κ3) is 3.07. The molecule has 0 amide bonds. The van der Waals surface area contributed by atoms with Crippen molar-refractivity contribution in [2.75, 3.05) is 12.0 Å². The first-order chi connectivity index (χ1) is 11.2. The summed E-state index contributed by atoms with van der Waals surface area (Å²) >= 11 is 0. The molecular weight excluding hydrogens is 282 g/mol. The van der Waals surface area contributed by atoms with Crippen LogP contribution in [0.3, 0.4) is 0 Å². The van der Waals surface area contributed by atoms with E-state index in [0.29, 0.717) is 0 Å². The van der Waals surface area contributed by atoms with Gasteiger partial charge < -0.3 is 9.64 Å². The van der Waals surface area contributed by atoms with Gasteiger partial charge in [0.15, 0.2) is 0 Å². The molecule has 23 heavy (non-hydrogen) atoms. The minimum Gasteiger partial charge on any atom is -0.496 e. The molecule has 116 valence electrons. The van der Waals surface area contributed by atoms with Gasteiger partial charge in [-0.3, -0.25) is 0 Å². The Labute approximate surface area is 138 Å². The van der Waals surface area contributed by atoms with Crippen LogP contribution in [-0.4, -0.2) is 7.11 Å². The Balaban J connectivity index is 2.17. The van der Waals surface area contributed by atoms with Gasteiger partial charge in [-0.25, -0.2) is 0 Å². The molecule has 0 aliphatic heterocycles. The van der Waals surface area contributed by atoms with E-state index >= 15 is 0 Å². The quantitative estimate of drug-likeness (QED) is 0.605. The number of hydrogen-bond donors (Lipinski definition) is 0. The summed E-state index contributed by atoms with van der Waals surface area (Å²) in [7, 11) is 1.72. The summed E-state index contributed by atoms with van der Waals surface area (Å²) in [6.45, 7) is 4.17. The highest BCUT2D eigenvalue weighted by molar-refractivity contribution is 5.77. The maximum absolute atomic E-state index is 5.50. The van der Waals surface area contributed by atoms with Gasteiger partial charge in [0, 0.05) is 17.1 Å². The molecule has 2 nitrogen and oxygen atoms in total. The molecule has 0 bridgehead atoms. The van der Waals surface area contributed by atoms with Crippen LogP contribution >= 0.6 is 0 Å². The zero-order valence-corrected chi connectivity index (χ0v) is 13.8. The largest absolute Gasteiger partial charge is 0.496 e. The molecule has 0 heterocycles. The average Bonchev–Trinajstić information content (AvgIpc) is 2.57. The van der Waals surface area contributed by atoms with Gasteiger partial charge >= 0.3 is 0 Å². The van der Waals surface area contributed by atoms with Gasteiger partial charge in [0.25, 0.3) is 0 Å². The average molecular weight is 303 g/mol. The number of hydrogen-bond acceptors (Lipinski definition) is 2. The topological polar surface area (TPSA) is 12.5 Å². The molecule has 0 aliphatic rings. The van der Waals surface area contributed by atoms with E-state index in [4.69, 9.17) is 4.74 Å². The zero-order chi connectivity index (χ0) is 16.2. The van der Waals surface area contributed by atoms with Crippen LogP contribution in [0.2, 0.25) is 0 Å². The lowest BCUT2D eigenvalue weighted by Crippen LogP contribution is -2.10. The van der Waals surface area contributed by atoms with Gasteiger partial charge in [0.1, 0.15) is 5.75 Å². The molecule has 0 saturated carbocycles. The SMILES string of the molecule is COc1c(C)cc(N(c2ccccc2)c2ccccc2)cc1C. The Morgan fingerprint density at radius 2 is 1.09 bits per heavy atom. The molecular formula is C21H21NO. The molecule has 0 aromatic heterocycles. The van der Waals surface area contributed by atoms with Gasteiger partial charge in [-0.15, -0.1) is 0 Å². The lowest BCUT2D eigenvalue weighted by molar-refractivity contribution is 0.408. The first-order valence-corrected chi connectivity index (χ1v) is 7.76. The lowest BCUT2D eigenvalue weighted by Gasteiger charge is -2.26. The second-order valence-corrected chi connectivity index (χ2v) is 5.62. The minimum absolute atomic E-state index is 0.954.